The Morgan fingerprint density at radius 3 is 2.48 bits per heavy atom. The van der Waals surface area contributed by atoms with Gasteiger partial charge in [0, 0.05) is 12.1 Å². The number of carbonyl (C=O) groups is 2. The molecule has 2 unspecified atom stereocenters. The lowest BCUT2D eigenvalue weighted by atomic mass is 10.1. The highest BCUT2D eigenvalue weighted by Crippen LogP contribution is 2.12. The molecule has 25 heavy (non-hydrogen) atoms. The van der Waals surface area contributed by atoms with E-state index in [2.05, 4.69) is 10.6 Å². The summed E-state index contributed by atoms with van der Waals surface area (Å²) in [4.78, 5) is 24.2. The second-order valence-corrected chi connectivity index (χ2v) is 5.88. The minimum absolute atomic E-state index is 0.0326. The van der Waals surface area contributed by atoms with E-state index >= 15 is 0 Å². The van der Waals surface area contributed by atoms with Crippen LogP contribution in [0.1, 0.15) is 34.5 Å². The smallest absolute Gasteiger partial charge is 0.251 e. The van der Waals surface area contributed by atoms with Gasteiger partial charge in [0.2, 0.25) is 5.91 Å². The maximum Gasteiger partial charge on any atom is 0.251 e. The Labute approximate surface area is 145 Å². The summed E-state index contributed by atoms with van der Waals surface area (Å²) >= 11 is 0. The van der Waals surface area contributed by atoms with Crippen molar-refractivity contribution in [1.29, 1.82) is 0 Å². The summed E-state index contributed by atoms with van der Waals surface area (Å²) in [6, 6.07) is 11.7. The number of nitrogens with one attached hydrogen (secondary N) is 2. The molecule has 0 radical (unpaired) electrons. The van der Waals surface area contributed by atoms with Crippen molar-refractivity contribution in [2.75, 3.05) is 6.54 Å². The van der Waals surface area contributed by atoms with E-state index < -0.39 is 23.9 Å². The van der Waals surface area contributed by atoms with Crippen LogP contribution in [0.15, 0.2) is 48.5 Å². The number of aryl methyl sites for hydroxylation is 1. The number of aliphatic hydroxyl groups excluding tert-OH is 1. The molecule has 0 fully saturated rings. The molecule has 0 heterocycles. The van der Waals surface area contributed by atoms with Gasteiger partial charge in [-0.25, -0.2) is 4.39 Å². The number of halogens is 1. The molecule has 2 rings (SSSR count). The summed E-state index contributed by atoms with van der Waals surface area (Å²) in [7, 11) is 0. The minimum Gasteiger partial charge on any atom is -0.387 e. The summed E-state index contributed by atoms with van der Waals surface area (Å²) in [5.74, 6) is -1.15. The molecule has 3 N–H and O–H groups in total. The first-order chi connectivity index (χ1) is 11.9. The molecule has 0 saturated carbocycles. The Kier molecular flexibility index (Phi) is 6.25. The van der Waals surface area contributed by atoms with Gasteiger partial charge in [-0.3, -0.25) is 9.59 Å². The topological polar surface area (TPSA) is 78.4 Å². The van der Waals surface area contributed by atoms with Crippen LogP contribution in [-0.2, 0) is 4.79 Å². The lowest BCUT2D eigenvalue weighted by molar-refractivity contribution is -0.123. The van der Waals surface area contributed by atoms with Gasteiger partial charge in [-0.15, -0.1) is 0 Å². The van der Waals surface area contributed by atoms with Crippen LogP contribution in [0.2, 0.25) is 0 Å². The van der Waals surface area contributed by atoms with Gasteiger partial charge in [0.1, 0.15) is 11.9 Å². The highest BCUT2D eigenvalue weighted by Gasteiger charge is 2.18. The van der Waals surface area contributed by atoms with Gasteiger partial charge in [0.15, 0.2) is 0 Å². The van der Waals surface area contributed by atoms with Gasteiger partial charge in [-0.1, -0.05) is 29.8 Å². The van der Waals surface area contributed by atoms with Crippen molar-refractivity contribution in [3.63, 3.8) is 0 Å². The van der Waals surface area contributed by atoms with Gasteiger partial charge in [0.05, 0.1) is 6.10 Å². The first-order valence-electron chi connectivity index (χ1n) is 7.95. The molecule has 6 heteroatoms. The Morgan fingerprint density at radius 2 is 1.84 bits per heavy atom. The van der Waals surface area contributed by atoms with Crippen LogP contribution in [-0.4, -0.2) is 29.5 Å². The molecule has 2 aromatic carbocycles. The zero-order chi connectivity index (χ0) is 18.4. The Bertz CT molecular complexity index is 747. The molecule has 0 aromatic heterocycles. The predicted molar refractivity (Wildman–Crippen MR) is 92.5 cm³/mol. The van der Waals surface area contributed by atoms with Crippen LogP contribution in [0.5, 0.6) is 0 Å². The third kappa shape index (κ3) is 5.39. The third-order valence-corrected chi connectivity index (χ3v) is 3.75. The molecule has 2 amide bonds. The lowest BCUT2D eigenvalue weighted by Gasteiger charge is -2.17. The summed E-state index contributed by atoms with van der Waals surface area (Å²) in [6.07, 6.45) is -0.954. The number of amides is 2. The largest absolute Gasteiger partial charge is 0.387 e. The molecule has 2 aromatic rings. The van der Waals surface area contributed by atoms with Gasteiger partial charge in [-0.2, -0.15) is 0 Å². The summed E-state index contributed by atoms with van der Waals surface area (Å²) in [5.41, 5.74) is 1.93. The molecule has 5 nitrogen and oxygen atoms in total. The molecule has 132 valence electrons. The van der Waals surface area contributed by atoms with Crippen molar-refractivity contribution in [2.24, 2.45) is 0 Å². The summed E-state index contributed by atoms with van der Waals surface area (Å²) in [6.45, 7) is 3.41. The predicted octanol–water partition coefficient (Wildman–Crippen LogP) is 2.10. The molecule has 2 atom stereocenters. The van der Waals surface area contributed by atoms with E-state index in [0.717, 1.165) is 5.56 Å². The van der Waals surface area contributed by atoms with E-state index in [0.29, 0.717) is 11.1 Å². The zero-order valence-electron chi connectivity index (χ0n) is 14.1. The van der Waals surface area contributed by atoms with Crippen molar-refractivity contribution < 1.29 is 19.1 Å². The maximum atomic E-state index is 12.9. The molecule has 0 aliphatic carbocycles. The number of aliphatic hydroxyl groups is 1. The molecule has 0 aliphatic rings. The van der Waals surface area contributed by atoms with Crippen LogP contribution in [0.4, 0.5) is 4.39 Å². The van der Waals surface area contributed by atoms with Gasteiger partial charge in [0.25, 0.3) is 5.91 Å². The summed E-state index contributed by atoms with van der Waals surface area (Å²) < 4.78 is 12.9. The van der Waals surface area contributed by atoms with Crippen LogP contribution in [0.3, 0.4) is 0 Å². The van der Waals surface area contributed by atoms with E-state index in [1.165, 1.54) is 24.3 Å². The SMILES string of the molecule is Cc1cccc(C(=O)NC(C)C(=O)NCC(O)c2ccc(F)cc2)c1. The quantitative estimate of drug-likeness (QED) is 0.751. The Hall–Kier alpha value is -2.73. The number of hydrogen-bond acceptors (Lipinski definition) is 3. The minimum atomic E-state index is -0.954. The van der Waals surface area contributed by atoms with E-state index in [1.54, 1.807) is 25.1 Å². The van der Waals surface area contributed by atoms with Crippen LogP contribution < -0.4 is 10.6 Å². The molecule has 0 saturated heterocycles. The Morgan fingerprint density at radius 1 is 1.16 bits per heavy atom. The molecule has 0 spiro atoms. The summed E-state index contributed by atoms with van der Waals surface area (Å²) in [5, 5.41) is 15.2. The van der Waals surface area contributed by atoms with Crippen LogP contribution in [0, 0.1) is 12.7 Å². The molecular weight excluding hydrogens is 323 g/mol. The van der Waals surface area contributed by atoms with Crippen molar-refractivity contribution in [2.45, 2.75) is 26.0 Å². The van der Waals surface area contributed by atoms with E-state index in [4.69, 9.17) is 0 Å². The second-order valence-electron chi connectivity index (χ2n) is 5.88. The number of hydrogen-bond donors (Lipinski definition) is 3. The molecule has 0 aliphatic heterocycles. The highest BCUT2D eigenvalue weighted by molar-refractivity contribution is 5.97. The van der Waals surface area contributed by atoms with Crippen molar-refractivity contribution >= 4 is 11.8 Å². The number of rotatable bonds is 6. The fourth-order valence-corrected chi connectivity index (χ4v) is 2.28. The van der Waals surface area contributed by atoms with Gasteiger partial charge < -0.3 is 15.7 Å². The zero-order valence-corrected chi connectivity index (χ0v) is 14.1. The monoisotopic (exact) mass is 344 g/mol. The van der Waals surface area contributed by atoms with E-state index in [1.807, 2.05) is 13.0 Å². The van der Waals surface area contributed by atoms with Gasteiger partial charge >= 0.3 is 0 Å². The van der Waals surface area contributed by atoms with Crippen molar-refractivity contribution in [3.05, 3.63) is 71.0 Å². The molecule has 0 bridgehead atoms. The average molecular weight is 344 g/mol. The third-order valence-electron chi connectivity index (χ3n) is 3.75. The van der Waals surface area contributed by atoms with Gasteiger partial charge in [-0.05, 0) is 43.7 Å². The van der Waals surface area contributed by atoms with E-state index in [9.17, 15) is 19.1 Å². The highest BCUT2D eigenvalue weighted by atomic mass is 19.1. The Balaban J connectivity index is 1.85. The normalized spacial score (nSPS) is 13.0. The number of benzene rings is 2. The number of carbonyl (C=O) groups excluding carboxylic acids is 2. The van der Waals surface area contributed by atoms with Crippen LogP contribution in [0.25, 0.3) is 0 Å². The first kappa shape index (κ1) is 18.6. The van der Waals surface area contributed by atoms with Crippen molar-refractivity contribution in [1.82, 2.24) is 10.6 Å². The average Bonchev–Trinajstić information content (AvgIpc) is 2.59. The molecular formula is C19H21FN2O3. The fraction of sp³-hybridized carbons (Fsp3) is 0.263. The lowest BCUT2D eigenvalue weighted by Crippen LogP contribution is -2.45. The standard InChI is InChI=1S/C19H21FN2O3/c1-12-4-3-5-15(10-12)19(25)22-13(2)18(24)21-11-17(23)14-6-8-16(20)9-7-14/h3-10,13,17,23H,11H2,1-2H3,(H,21,24)(H,22,25). The van der Waals surface area contributed by atoms with Crippen LogP contribution >= 0.6 is 0 Å². The van der Waals surface area contributed by atoms with E-state index in [-0.39, 0.29) is 12.5 Å². The van der Waals surface area contributed by atoms with Crippen molar-refractivity contribution in [3.8, 4) is 0 Å². The second kappa shape index (κ2) is 8.39. The fourth-order valence-electron chi connectivity index (χ4n) is 2.28. The first-order valence-corrected chi connectivity index (χ1v) is 7.95. The maximum absolute atomic E-state index is 12.9.